The average molecular weight is 423 g/mol. The lowest BCUT2D eigenvalue weighted by Gasteiger charge is -2.36. The number of morpholine rings is 1. The van der Waals surface area contributed by atoms with Crippen LogP contribution in [0.1, 0.15) is 26.7 Å². The molecule has 0 aromatic carbocycles. The normalized spacial score (nSPS) is 22.4. The highest BCUT2D eigenvalue weighted by atomic mass is 32.1. The monoisotopic (exact) mass is 422 g/mol. The Morgan fingerprint density at radius 1 is 1.17 bits per heavy atom. The summed E-state index contributed by atoms with van der Waals surface area (Å²) in [6, 6.07) is 2.11. The molecular weight excluding hydrogens is 388 g/mol. The van der Waals surface area contributed by atoms with E-state index in [2.05, 4.69) is 40.3 Å². The number of rotatable bonds is 7. The van der Waals surface area contributed by atoms with Gasteiger partial charge in [0.1, 0.15) is 11.6 Å². The molecule has 0 unspecified atom stereocenters. The molecule has 2 aliphatic heterocycles. The van der Waals surface area contributed by atoms with Gasteiger partial charge in [-0.2, -0.15) is 9.97 Å². The molecule has 2 fully saturated rings. The standard InChI is InChI=1S/C20H34N6O2S/c1-15-11-16(2)14-26(13-15)18-12-17(25-6-9-28-10-7-25)22-19(23-18)24-20(29)21-5-4-8-27-3/h12,15-16H,4-11,13-14H2,1-3H3,(H2,21,22,23,24,29)/t15-,16-/m0/s1. The minimum Gasteiger partial charge on any atom is -0.385 e. The Labute approximate surface area is 179 Å². The second-order valence-electron chi connectivity index (χ2n) is 8.09. The van der Waals surface area contributed by atoms with E-state index in [1.165, 1.54) is 6.42 Å². The zero-order chi connectivity index (χ0) is 20.6. The van der Waals surface area contributed by atoms with Crippen molar-refractivity contribution in [2.24, 2.45) is 11.8 Å². The third-order valence-electron chi connectivity index (χ3n) is 5.26. The summed E-state index contributed by atoms with van der Waals surface area (Å²) in [5.41, 5.74) is 0. The van der Waals surface area contributed by atoms with Crippen molar-refractivity contribution in [3.63, 3.8) is 0 Å². The molecular formula is C20H34N6O2S. The van der Waals surface area contributed by atoms with E-state index in [0.29, 0.717) is 29.5 Å². The SMILES string of the molecule is COCCCNC(=S)Nc1nc(N2CCOCC2)cc(N2C[C@@H](C)C[C@H](C)C2)n1. The molecule has 29 heavy (non-hydrogen) atoms. The van der Waals surface area contributed by atoms with E-state index in [4.69, 9.17) is 31.7 Å². The van der Waals surface area contributed by atoms with Crippen molar-refractivity contribution in [2.75, 3.05) is 74.8 Å². The molecule has 3 rings (SSSR count). The average Bonchev–Trinajstić information content (AvgIpc) is 2.71. The van der Waals surface area contributed by atoms with Crippen LogP contribution in [0.3, 0.4) is 0 Å². The highest BCUT2D eigenvalue weighted by Crippen LogP contribution is 2.28. The molecule has 162 valence electrons. The van der Waals surface area contributed by atoms with Crippen LogP contribution >= 0.6 is 12.2 Å². The Morgan fingerprint density at radius 2 is 1.83 bits per heavy atom. The van der Waals surface area contributed by atoms with Crippen LogP contribution < -0.4 is 20.4 Å². The molecule has 0 aliphatic carbocycles. The van der Waals surface area contributed by atoms with Crippen molar-refractivity contribution >= 4 is 34.9 Å². The zero-order valence-electron chi connectivity index (χ0n) is 17.8. The lowest BCUT2D eigenvalue weighted by molar-refractivity contribution is 0.122. The van der Waals surface area contributed by atoms with E-state index in [0.717, 1.165) is 64.0 Å². The molecule has 3 heterocycles. The van der Waals surface area contributed by atoms with Crippen LogP contribution in [0.4, 0.5) is 17.6 Å². The highest BCUT2D eigenvalue weighted by molar-refractivity contribution is 7.80. The van der Waals surface area contributed by atoms with Crippen molar-refractivity contribution in [1.29, 1.82) is 0 Å². The maximum Gasteiger partial charge on any atom is 0.232 e. The maximum absolute atomic E-state index is 5.50. The fourth-order valence-corrected chi connectivity index (χ4v) is 4.20. The Kier molecular flexibility index (Phi) is 8.26. The summed E-state index contributed by atoms with van der Waals surface area (Å²) in [6.07, 6.45) is 2.15. The van der Waals surface area contributed by atoms with Gasteiger partial charge in [-0.3, -0.25) is 0 Å². The van der Waals surface area contributed by atoms with Crippen LogP contribution in [0.5, 0.6) is 0 Å². The number of piperidine rings is 1. The number of nitrogens with zero attached hydrogens (tertiary/aromatic N) is 4. The number of ether oxygens (including phenoxy) is 2. The van der Waals surface area contributed by atoms with Gasteiger partial charge in [0.15, 0.2) is 5.11 Å². The molecule has 0 spiro atoms. The van der Waals surface area contributed by atoms with Crippen LogP contribution in [-0.2, 0) is 9.47 Å². The van der Waals surface area contributed by atoms with E-state index >= 15 is 0 Å². The summed E-state index contributed by atoms with van der Waals surface area (Å²) < 4.78 is 10.6. The first kappa shape index (κ1) is 22.0. The van der Waals surface area contributed by atoms with Crippen molar-refractivity contribution < 1.29 is 9.47 Å². The van der Waals surface area contributed by atoms with Crippen molar-refractivity contribution in [3.8, 4) is 0 Å². The summed E-state index contributed by atoms with van der Waals surface area (Å²) in [6.45, 7) is 11.2. The van der Waals surface area contributed by atoms with E-state index < -0.39 is 0 Å². The van der Waals surface area contributed by atoms with Gasteiger partial charge in [-0.1, -0.05) is 13.8 Å². The third kappa shape index (κ3) is 6.65. The van der Waals surface area contributed by atoms with Crippen LogP contribution in [0.2, 0.25) is 0 Å². The first-order valence-corrected chi connectivity index (χ1v) is 11.0. The van der Waals surface area contributed by atoms with Crippen LogP contribution in [0, 0.1) is 11.8 Å². The Balaban J connectivity index is 1.76. The van der Waals surface area contributed by atoms with Gasteiger partial charge in [0.05, 0.1) is 13.2 Å². The minimum atomic E-state index is 0.534. The lowest BCUT2D eigenvalue weighted by atomic mass is 9.92. The lowest BCUT2D eigenvalue weighted by Crippen LogP contribution is -2.40. The molecule has 0 bridgehead atoms. The molecule has 2 N–H and O–H groups in total. The Bertz CT molecular complexity index is 660. The van der Waals surface area contributed by atoms with Crippen LogP contribution in [0.15, 0.2) is 6.07 Å². The summed E-state index contributed by atoms with van der Waals surface area (Å²) in [4.78, 5) is 14.2. The summed E-state index contributed by atoms with van der Waals surface area (Å²) in [7, 11) is 1.70. The van der Waals surface area contributed by atoms with Gasteiger partial charge < -0.3 is 29.9 Å². The van der Waals surface area contributed by atoms with Crippen LogP contribution in [-0.4, -0.2) is 74.7 Å². The fraction of sp³-hybridized carbons (Fsp3) is 0.750. The van der Waals surface area contributed by atoms with Gasteiger partial charge in [-0.05, 0) is 36.9 Å². The maximum atomic E-state index is 5.50. The number of nitrogens with one attached hydrogen (secondary N) is 2. The summed E-state index contributed by atoms with van der Waals surface area (Å²) in [5, 5.41) is 6.90. The molecule has 9 heteroatoms. The van der Waals surface area contributed by atoms with E-state index in [9.17, 15) is 0 Å². The quantitative estimate of drug-likeness (QED) is 0.508. The Hall–Kier alpha value is -1.71. The van der Waals surface area contributed by atoms with Gasteiger partial charge in [0.25, 0.3) is 0 Å². The topological polar surface area (TPSA) is 74.8 Å². The molecule has 1 aromatic rings. The molecule has 0 saturated carbocycles. The Morgan fingerprint density at radius 3 is 2.48 bits per heavy atom. The molecule has 0 radical (unpaired) electrons. The van der Waals surface area contributed by atoms with Gasteiger partial charge >= 0.3 is 0 Å². The first-order valence-electron chi connectivity index (χ1n) is 10.6. The number of thiocarbonyl (C=S) groups is 1. The number of hydrogen-bond donors (Lipinski definition) is 2. The largest absolute Gasteiger partial charge is 0.385 e. The predicted molar refractivity (Wildman–Crippen MR) is 121 cm³/mol. The highest BCUT2D eigenvalue weighted by Gasteiger charge is 2.25. The molecule has 8 nitrogen and oxygen atoms in total. The number of anilines is 3. The first-order chi connectivity index (χ1) is 14.0. The van der Waals surface area contributed by atoms with Crippen molar-refractivity contribution in [1.82, 2.24) is 15.3 Å². The molecule has 2 aliphatic rings. The van der Waals surface area contributed by atoms with Crippen molar-refractivity contribution in [3.05, 3.63) is 6.07 Å². The molecule has 2 saturated heterocycles. The fourth-order valence-electron chi connectivity index (χ4n) is 4.01. The molecule has 1 aromatic heterocycles. The van der Waals surface area contributed by atoms with E-state index in [1.54, 1.807) is 7.11 Å². The van der Waals surface area contributed by atoms with Gasteiger partial charge in [-0.25, -0.2) is 0 Å². The van der Waals surface area contributed by atoms with Crippen molar-refractivity contribution in [2.45, 2.75) is 26.7 Å². The predicted octanol–water partition coefficient (Wildman–Crippen LogP) is 2.12. The van der Waals surface area contributed by atoms with Gasteiger partial charge in [0.2, 0.25) is 5.95 Å². The number of hydrogen-bond acceptors (Lipinski definition) is 7. The minimum absolute atomic E-state index is 0.534. The second-order valence-corrected chi connectivity index (χ2v) is 8.49. The molecule has 2 atom stereocenters. The van der Waals surface area contributed by atoms with Gasteiger partial charge in [0, 0.05) is 52.5 Å². The van der Waals surface area contributed by atoms with E-state index in [1.807, 2.05) is 0 Å². The summed E-state index contributed by atoms with van der Waals surface area (Å²) >= 11 is 5.43. The zero-order valence-corrected chi connectivity index (χ0v) is 18.6. The molecule has 0 amide bonds. The summed E-state index contributed by atoms with van der Waals surface area (Å²) in [5.74, 6) is 3.73. The third-order valence-corrected chi connectivity index (χ3v) is 5.51. The smallest absolute Gasteiger partial charge is 0.232 e. The number of methoxy groups -OCH3 is 1. The van der Waals surface area contributed by atoms with Gasteiger partial charge in [-0.15, -0.1) is 0 Å². The van der Waals surface area contributed by atoms with Crippen LogP contribution in [0.25, 0.3) is 0 Å². The second kappa shape index (κ2) is 10.9. The van der Waals surface area contributed by atoms with E-state index in [-0.39, 0.29) is 0 Å². The number of aromatic nitrogens is 2.